The van der Waals surface area contributed by atoms with Crippen LogP contribution in [0.4, 0.5) is 10.5 Å². The normalized spacial score (nSPS) is 20.7. The number of nitrogens with one attached hydrogen (secondary N) is 1. The molecule has 1 heterocycles. The highest BCUT2D eigenvalue weighted by atomic mass is 16.5. The number of hydrogen-bond acceptors (Lipinski definition) is 4. The van der Waals surface area contributed by atoms with Gasteiger partial charge in [-0.05, 0) is 57.4 Å². The first-order valence-electron chi connectivity index (χ1n) is 7.90. The Hall–Kier alpha value is -2.24. The Kier molecular flexibility index (Phi) is 5.84. The molecule has 1 aromatic rings. The highest BCUT2D eigenvalue weighted by molar-refractivity contribution is 5.84. The lowest BCUT2D eigenvalue weighted by Crippen LogP contribution is -2.49. The first-order valence-corrected chi connectivity index (χ1v) is 7.90. The van der Waals surface area contributed by atoms with Crippen molar-refractivity contribution in [2.24, 2.45) is 0 Å². The zero-order valence-corrected chi connectivity index (χ0v) is 13.9. The number of anilines is 1. The molecule has 0 saturated carbocycles. The summed E-state index contributed by atoms with van der Waals surface area (Å²) in [7, 11) is 1.31. The topological polar surface area (TPSA) is 67.9 Å². The number of likely N-dealkylation sites (tertiary alicyclic amines) is 1. The zero-order chi connectivity index (χ0) is 16.8. The molecule has 2 atom stereocenters. The Bertz CT molecular complexity index is 534. The fraction of sp³-hybridized carbons (Fsp3) is 0.529. The maximum Gasteiger partial charge on any atom is 0.411 e. The van der Waals surface area contributed by atoms with E-state index in [0.717, 1.165) is 12.8 Å². The molecule has 1 fully saturated rings. The smallest absolute Gasteiger partial charge is 0.411 e. The van der Waals surface area contributed by atoms with Gasteiger partial charge in [0.2, 0.25) is 0 Å². The van der Waals surface area contributed by atoms with E-state index in [2.05, 4.69) is 23.9 Å². The van der Waals surface area contributed by atoms with E-state index >= 15 is 0 Å². The molecule has 0 bridgehead atoms. The van der Waals surface area contributed by atoms with Crippen molar-refractivity contribution in [3.63, 3.8) is 0 Å². The molecule has 1 saturated heterocycles. The van der Waals surface area contributed by atoms with Crippen LogP contribution in [0.5, 0.6) is 5.75 Å². The first-order chi connectivity index (χ1) is 11.0. The summed E-state index contributed by atoms with van der Waals surface area (Å²) in [5, 5.41) is 2.56. The van der Waals surface area contributed by atoms with E-state index in [4.69, 9.17) is 4.74 Å². The number of carbonyl (C=O) groups is 2. The van der Waals surface area contributed by atoms with Gasteiger partial charge < -0.3 is 14.4 Å². The summed E-state index contributed by atoms with van der Waals surface area (Å²) in [6.45, 7) is 4.19. The monoisotopic (exact) mass is 320 g/mol. The number of piperidine rings is 1. The van der Waals surface area contributed by atoms with Crippen molar-refractivity contribution in [1.29, 1.82) is 0 Å². The van der Waals surface area contributed by atoms with E-state index in [9.17, 15) is 9.59 Å². The summed E-state index contributed by atoms with van der Waals surface area (Å²) in [6.07, 6.45) is 2.73. The third-order valence-electron chi connectivity index (χ3n) is 4.13. The summed E-state index contributed by atoms with van der Waals surface area (Å²) in [5.74, 6) is 0.604. The fourth-order valence-electron chi connectivity index (χ4n) is 2.94. The third-order valence-corrected chi connectivity index (χ3v) is 4.13. The van der Waals surface area contributed by atoms with Crippen molar-refractivity contribution < 1.29 is 19.1 Å². The van der Waals surface area contributed by atoms with Gasteiger partial charge in [-0.1, -0.05) is 0 Å². The number of benzene rings is 1. The number of methoxy groups -OCH3 is 1. The highest BCUT2D eigenvalue weighted by Gasteiger charge is 2.28. The lowest BCUT2D eigenvalue weighted by atomic mass is 9.97. The minimum atomic E-state index is -0.526. The Balaban J connectivity index is 1.87. The summed E-state index contributed by atoms with van der Waals surface area (Å²) >= 11 is 0. The quantitative estimate of drug-likeness (QED) is 0.926. The van der Waals surface area contributed by atoms with Crippen molar-refractivity contribution >= 4 is 17.7 Å². The molecule has 0 aliphatic carbocycles. The van der Waals surface area contributed by atoms with E-state index < -0.39 is 6.09 Å². The zero-order valence-electron chi connectivity index (χ0n) is 13.9. The molecule has 1 aromatic carbocycles. The van der Waals surface area contributed by atoms with Crippen molar-refractivity contribution in [1.82, 2.24) is 4.90 Å². The van der Waals surface area contributed by atoms with Crippen LogP contribution in [0.25, 0.3) is 0 Å². The SMILES string of the molecule is COC(=O)Nc1ccc(OCC(=O)N2C(C)CCCC2C)cc1. The largest absolute Gasteiger partial charge is 0.484 e. The molecule has 1 N–H and O–H groups in total. The average molecular weight is 320 g/mol. The number of nitrogens with zero attached hydrogens (tertiary/aromatic N) is 1. The van der Waals surface area contributed by atoms with Gasteiger partial charge >= 0.3 is 6.09 Å². The van der Waals surface area contributed by atoms with Gasteiger partial charge in [0, 0.05) is 17.8 Å². The first kappa shape index (κ1) is 17.1. The van der Waals surface area contributed by atoms with Gasteiger partial charge in [0.15, 0.2) is 6.61 Å². The second-order valence-corrected chi connectivity index (χ2v) is 5.86. The number of carbonyl (C=O) groups excluding carboxylic acids is 2. The summed E-state index contributed by atoms with van der Waals surface area (Å²) in [4.78, 5) is 25.4. The standard InChI is InChI=1S/C17H24N2O4/c1-12-5-4-6-13(2)19(12)16(20)11-23-15-9-7-14(8-10-15)18-17(21)22-3/h7-10,12-13H,4-6,11H2,1-3H3,(H,18,21). The summed E-state index contributed by atoms with van der Waals surface area (Å²) in [6, 6.07) is 7.34. The van der Waals surface area contributed by atoms with Crippen LogP contribution in [-0.2, 0) is 9.53 Å². The molecule has 0 aromatic heterocycles. The molecular weight excluding hydrogens is 296 g/mol. The highest BCUT2D eigenvalue weighted by Crippen LogP contribution is 2.23. The van der Waals surface area contributed by atoms with Crippen molar-refractivity contribution in [2.75, 3.05) is 19.0 Å². The number of hydrogen-bond donors (Lipinski definition) is 1. The number of ether oxygens (including phenoxy) is 2. The number of amides is 2. The Labute approximate surface area is 136 Å². The van der Waals surface area contributed by atoms with Gasteiger partial charge in [0.1, 0.15) is 5.75 Å². The molecule has 1 aliphatic heterocycles. The van der Waals surface area contributed by atoms with Crippen LogP contribution in [-0.4, -0.2) is 42.7 Å². The Morgan fingerprint density at radius 2 is 1.78 bits per heavy atom. The molecule has 6 heteroatoms. The van der Waals surface area contributed by atoms with E-state index in [0.29, 0.717) is 11.4 Å². The van der Waals surface area contributed by atoms with Crippen LogP contribution in [0.1, 0.15) is 33.1 Å². The van der Waals surface area contributed by atoms with Crippen LogP contribution >= 0.6 is 0 Å². The van der Waals surface area contributed by atoms with Crippen LogP contribution in [0.15, 0.2) is 24.3 Å². The molecule has 23 heavy (non-hydrogen) atoms. The summed E-state index contributed by atoms with van der Waals surface area (Å²) < 4.78 is 10.1. The van der Waals surface area contributed by atoms with Gasteiger partial charge in [0.25, 0.3) is 5.91 Å². The second-order valence-electron chi connectivity index (χ2n) is 5.86. The molecule has 6 nitrogen and oxygen atoms in total. The minimum absolute atomic E-state index is 0.0152. The predicted molar refractivity (Wildman–Crippen MR) is 87.6 cm³/mol. The van der Waals surface area contributed by atoms with E-state index in [1.54, 1.807) is 24.3 Å². The van der Waals surface area contributed by atoms with Gasteiger partial charge in [0.05, 0.1) is 7.11 Å². The van der Waals surface area contributed by atoms with Crippen molar-refractivity contribution in [2.45, 2.75) is 45.2 Å². The third kappa shape index (κ3) is 4.61. The molecule has 0 radical (unpaired) electrons. The molecule has 2 amide bonds. The van der Waals surface area contributed by atoms with Crippen molar-refractivity contribution in [3.8, 4) is 5.75 Å². The van der Waals surface area contributed by atoms with Crippen LogP contribution < -0.4 is 10.1 Å². The van der Waals surface area contributed by atoms with Crippen LogP contribution in [0.2, 0.25) is 0 Å². The molecular formula is C17H24N2O4. The second kappa shape index (κ2) is 7.85. The summed E-state index contributed by atoms with van der Waals surface area (Å²) in [5.41, 5.74) is 0.605. The lowest BCUT2D eigenvalue weighted by Gasteiger charge is -2.38. The molecule has 0 spiro atoms. The van der Waals surface area contributed by atoms with E-state index in [1.807, 2.05) is 4.90 Å². The maximum atomic E-state index is 12.4. The minimum Gasteiger partial charge on any atom is -0.484 e. The molecule has 126 valence electrons. The van der Waals surface area contributed by atoms with Gasteiger partial charge in [-0.15, -0.1) is 0 Å². The fourth-order valence-corrected chi connectivity index (χ4v) is 2.94. The molecule has 2 rings (SSSR count). The average Bonchev–Trinajstić information content (AvgIpc) is 2.54. The molecule has 2 unspecified atom stereocenters. The van der Waals surface area contributed by atoms with Crippen molar-refractivity contribution in [3.05, 3.63) is 24.3 Å². The predicted octanol–water partition coefficient (Wildman–Crippen LogP) is 3.03. The maximum absolute atomic E-state index is 12.4. The Morgan fingerprint density at radius 1 is 1.17 bits per heavy atom. The van der Waals surface area contributed by atoms with Gasteiger partial charge in [-0.2, -0.15) is 0 Å². The van der Waals surface area contributed by atoms with Gasteiger partial charge in [-0.3, -0.25) is 10.1 Å². The van der Waals surface area contributed by atoms with E-state index in [1.165, 1.54) is 13.5 Å². The molecule has 1 aliphatic rings. The Morgan fingerprint density at radius 3 is 2.35 bits per heavy atom. The van der Waals surface area contributed by atoms with Gasteiger partial charge in [-0.25, -0.2) is 4.79 Å². The number of rotatable bonds is 4. The lowest BCUT2D eigenvalue weighted by molar-refractivity contribution is -0.139. The van der Waals surface area contributed by atoms with E-state index in [-0.39, 0.29) is 24.6 Å². The van der Waals surface area contributed by atoms with Crippen LogP contribution in [0, 0.1) is 0 Å². The van der Waals surface area contributed by atoms with Crippen LogP contribution in [0.3, 0.4) is 0 Å².